The third-order valence-corrected chi connectivity index (χ3v) is 4.33. The zero-order valence-corrected chi connectivity index (χ0v) is 15.9. The molecule has 0 aliphatic carbocycles. The summed E-state index contributed by atoms with van der Waals surface area (Å²) in [5.41, 5.74) is 8.02. The highest BCUT2D eigenvalue weighted by atomic mass is 16.1. The Balaban J connectivity index is 2.11. The Hall–Kier alpha value is -3.73. The number of benzene rings is 1. The minimum atomic E-state index is -0.349. The molecule has 142 valence electrons. The first kappa shape index (κ1) is 19.0. The molecule has 0 amide bonds. The van der Waals surface area contributed by atoms with E-state index in [2.05, 4.69) is 20.4 Å². The van der Waals surface area contributed by atoms with Gasteiger partial charge in [0.25, 0.3) is 5.56 Å². The molecule has 2 heterocycles. The topological polar surface area (TPSA) is 123 Å². The van der Waals surface area contributed by atoms with Crippen molar-refractivity contribution in [1.29, 1.82) is 5.26 Å². The highest BCUT2D eigenvalue weighted by Gasteiger charge is 2.19. The second-order valence-corrected chi connectivity index (χ2v) is 6.65. The van der Waals surface area contributed by atoms with Crippen LogP contribution >= 0.6 is 0 Å². The zero-order chi connectivity index (χ0) is 20.3. The van der Waals surface area contributed by atoms with Crippen molar-refractivity contribution in [3.8, 4) is 17.3 Å². The quantitative estimate of drug-likeness (QED) is 0.703. The Labute approximate surface area is 162 Å². The number of nitriles is 1. The number of nitrogens with one attached hydrogen (secondary N) is 1. The standard InChI is InChI=1S/C20H21N7O/c1-12(2)27-17(28)9-15(18(26-27)14-7-5-4-6-8-14)13(3)25-20-16(10-21)19(22)23-11-24-20/h4-9,11-13H,1-3H3,(H3,22,23,24,25). The van der Waals surface area contributed by atoms with Gasteiger partial charge in [-0.2, -0.15) is 10.4 Å². The fraction of sp³-hybridized carbons (Fsp3) is 0.250. The molecule has 1 unspecified atom stereocenters. The van der Waals surface area contributed by atoms with Gasteiger partial charge in [0.1, 0.15) is 29.6 Å². The molecule has 0 aliphatic heterocycles. The largest absolute Gasteiger partial charge is 0.382 e. The second-order valence-electron chi connectivity index (χ2n) is 6.65. The first-order valence-corrected chi connectivity index (χ1v) is 8.88. The number of nitrogens with two attached hydrogens (primary N) is 1. The maximum Gasteiger partial charge on any atom is 0.267 e. The molecule has 0 saturated heterocycles. The third-order valence-electron chi connectivity index (χ3n) is 4.33. The molecule has 0 aliphatic rings. The average Bonchev–Trinajstić information content (AvgIpc) is 2.68. The Morgan fingerprint density at radius 3 is 2.54 bits per heavy atom. The number of aromatic nitrogens is 4. The van der Waals surface area contributed by atoms with Crippen LogP contribution in [-0.4, -0.2) is 19.7 Å². The lowest BCUT2D eigenvalue weighted by Gasteiger charge is -2.20. The summed E-state index contributed by atoms with van der Waals surface area (Å²) in [4.78, 5) is 20.5. The molecular formula is C20H21N7O. The van der Waals surface area contributed by atoms with Gasteiger partial charge in [-0.1, -0.05) is 30.3 Å². The SMILES string of the molecule is CC(Nc1ncnc(N)c1C#N)c1cc(=O)n(C(C)C)nc1-c1ccccc1. The van der Waals surface area contributed by atoms with Crippen LogP contribution in [-0.2, 0) is 0 Å². The van der Waals surface area contributed by atoms with Gasteiger partial charge < -0.3 is 11.1 Å². The van der Waals surface area contributed by atoms with Crippen LogP contribution in [0.25, 0.3) is 11.3 Å². The highest BCUT2D eigenvalue weighted by molar-refractivity contribution is 5.66. The number of nitrogen functional groups attached to an aromatic ring is 1. The van der Waals surface area contributed by atoms with E-state index in [1.807, 2.05) is 57.2 Å². The molecule has 0 fully saturated rings. The van der Waals surface area contributed by atoms with Gasteiger partial charge in [0.05, 0.1) is 17.8 Å². The van der Waals surface area contributed by atoms with E-state index in [0.29, 0.717) is 17.1 Å². The highest BCUT2D eigenvalue weighted by Crippen LogP contribution is 2.28. The predicted octanol–water partition coefficient (Wildman–Crippen LogP) is 2.91. The van der Waals surface area contributed by atoms with Gasteiger partial charge >= 0.3 is 0 Å². The van der Waals surface area contributed by atoms with E-state index in [1.165, 1.54) is 11.0 Å². The van der Waals surface area contributed by atoms with Gasteiger partial charge in [0.15, 0.2) is 0 Å². The van der Waals surface area contributed by atoms with Crippen molar-refractivity contribution in [2.75, 3.05) is 11.1 Å². The molecule has 3 aromatic rings. The molecule has 2 aromatic heterocycles. The number of hydrogen-bond acceptors (Lipinski definition) is 7. The smallest absolute Gasteiger partial charge is 0.267 e. The molecular weight excluding hydrogens is 354 g/mol. The van der Waals surface area contributed by atoms with E-state index in [0.717, 1.165) is 5.56 Å². The normalized spacial score (nSPS) is 11.8. The Bertz CT molecular complexity index is 1080. The van der Waals surface area contributed by atoms with E-state index >= 15 is 0 Å². The summed E-state index contributed by atoms with van der Waals surface area (Å²) in [6.07, 6.45) is 1.29. The molecule has 0 radical (unpaired) electrons. The summed E-state index contributed by atoms with van der Waals surface area (Å²) in [5.74, 6) is 0.415. The van der Waals surface area contributed by atoms with Crippen molar-refractivity contribution >= 4 is 11.6 Å². The first-order chi connectivity index (χ1) is 13.4. The van der Waals surface area contributed by atoms with E-state index in [1.54, 1.807) is 6.07 Å². The predicted molar refractivity (Wildman–Crippen MR) is 108 cm³/mol. The summed E-state index contributed by atoms with van der Waals surface area (Å²) in [5, 5.41) is 17.1. The Morgan fingerprint density at radius 1 is 1.18 bits per heavy atom. The van der Waals surface area contributed by atoms with Gasteiger partial charge in [-0.15, -0.1) is 0 Å². The van der Waals surface area contributed by atoms with Crippen LogP contribution in [0.2, 0.25) is 0 Å². The fourth-order valence-electron chi connectivity index (χ4n) is 2.90. The van der Waals surface area contributed by atoms with Crippen LogP contribution in [0.15, 0.2) is 47.5 Å². The molecule has 1 atom stereocenters. The summed E-state index contributed by atoms with van der Waals surface area (Å²) in [6, 6.07) is 12.8. The lowest BCUT2D eigenvalue weighted by Crippen LogP contribution is -2.27. The van der Waals surface area contributed by atoms with Gasteiger partial charge in [-0.25, -0.2) is 14.6 Å². The lowest BCUT2D eigenvalue weighted by atomic mass is 10.0. The molecule has 0 bridgehead atoms. The molecule has 8 nitrogen and oxygen atoms in total. The Morgan fingerprint density at radius 2 is 1.89 bits per heavy atom. The molecule has 0 saturated carbocycles. The average molecular weight is 375 g/mol. The number of hydrogen-bond donors (Lipinski definition) is 2. The van der Waals surface area contributed by atoms with Crippen LogP contribution in [0.1, 0.15) is 44.0 Å². The van der Waals surface area contributed by atoms with Gasteiger partial charge in [-0.3, -0.25) is 4.79 Å². The minimum Gasteiger partial charge on any atom is -0.382 e. The van der Waals surface area contributed by atoms with Crippen molar-refractivity contribution in [3.63, 3.8) is 0 Å². The van der Waals surface area contributed by atoms with Crippen molar-refractivity contribution in [3.05, 3.63) is 64.2 Å². The number of anilines is 2. The van der Waals surface area contributed by atoms with Crippen LogP contribution < -0.4 is 16.6 Å². The molecule has 8 heteroatoms. The van der Waals surface area contributed by atoms with Crippen LogP contribution in [0.5, 0.6) is 0 Å². The Kier molecular flexibility index (Phi) is 5.36. The third kappa shape index (κ3) is 3.69. The maximum atomic E-state index is 12.6. The van der Waals surface area contributed by atoms with E-state index < -0.39 is 0 Å². The summed E-state index contributed by atoms with van der Waals surface area (Å²) in [6.45, 7) is 5.70. The van der Waals surface area contributed by atoms with Gasteiger partial charge in [-0.05, 0) is 20.8 Å². The lowest BCUT2D eigenvalue weighted by molar-refractivity contribution is 0.502. The molecule has 28 heavy (non-hydrogen) atoms. The van der Waals surface area contributed by atoms with Crippen molar-refractivity contribution < 1.29 is 0 Å². The fourth-order valence-corrected chi connectivity index (χ4v) is 2.90. The van der Waals surface area contributed by atoms with E-state index in [-0.39, 0.29) is 29.0 Å². The monoisotopic (exact) mass is 375 g/mol. The van der Waals surface area contributed by atoms with Crippen molar-refractivity contribution in [2.45, 2.75) is 32.9 Å². The van der Waals surface area contributed by atoms with Gasteiger partial charge in [0, 0.05) is 17.2 Å². The van der Waals surface area contributed by atoms with Gasteiger partial charge in [0.2, 0.25) is 0 Å². The van der Waals surface area contributed by atoms with E-state index in [9.17, 15) is 10.1 Å². The molecule has 3 N–H and O–H groups in total. The van der Waals surface area contributed by atoms with Crippen LogP contribution in [0.4, 0.5) is 11.6 Å². The molecule has 0 spiro atoms. The summed E-state index contributed by atoms with van der Waals surface area (Å²) < 4.78 is 1.46. The van der Waals surface area contributed by atoms with Crippen LogP contribution in [0, 0.1) is 11.3 Å². The van der Waals surface area contributed by atoms with Crippen molar-refractivity contribution in [2.24, 2.45) is 0 Å². The van der Waals surface area contributed by atoms with Crippen molar-refractivity contribution in [1.82, 2.24) is 19.7 Å². The van der Waals surface area contributed by atoms with E-state index in [4.69, 9.17) is 5.73 Å². The second kappa shape index (κ2) is 7.88. The zero-order valence-electron chi connectivity index (χ0n) is 15.9. The molecule has 1 aromatic carbocycles. The summed E-state index contributed by atoms with van der Waals surface area (Å²) >= 11 is 0. The number of rotatable bonds is 5. The summed E-state index contributed by atoms with van der Waals surface area (Å²) in [7, 11) is 0. The number of nitrogens with zero attached hydrogens (tertiary/aromatic N) is 5. The molecule has 3 rings (SSSR count). The first-order valence-electron chi connectivity index (χ1n) is 8.88. The maximum absolute atomic E-state index is 12.6. The minimum absolute atomic E-state index is 0.0702. The van der Waals surface area contributed by atoms with Crippen LogP contribution in [0.3, 0.4) is 0 Å².